The first kappa shape index (κ1) is 35.5. The number of amides is 2. The molecule has 4 rings (SSSR count). The lowest BCUT2D eigenvalue weighted by Gasteiger charge is -2.53. The van der Waals surface area contributed by atoms with E-state index in [2.05, 4.69) is 56.1 Å². The second kappa shape index (κ2) is 15.5. The Morgan fingerprint density at radius 3 is 2.54 bits per heavy atom. The van der Waals surface area contributed by atoms with Gasteiger partial charge in [0.2, 0.25) is 5.91 Å². The Hall–Kier alpha value is -3.38. The van der Waals surface area contributed by atoms with E-state index < -0.39 is 5.82 Å². The van der Waals surface area contributed by atoms with E-state index in [1.165, 1.54) is 24.5 Å². The molecule has 0 saturated carbocycles. The Labute approximate surface area is 273 Å². The minimum Gasteiger partial charge on any atom is -0.434 e. The number of nitrogens with zero attached hydrogens (tertiary/aromatic N) is 7. The summed E-state index contributed by atoms with van der Waals surface area (Å²) in [4.78, 5) is 38.6. The fourth-order valence-electron chi connectivity index (χ4n) is 7.12. The van der Waals surface area contributed by atoms with Crippen LogP contribution in [0.25, 0.3) is 0 Å². The highest BCUT2D eigenvalue weighted by Gasteiger charge is 2.50. The van der Waals surface area contributed by atoms with E-state index in [1.54, 1.807) is 11.9 Å². The van der Waals surface area contributed by atoms with Crippen LogP contribution in [0.4, 0.5) is 10.2 Å². The average Bonchev–Trinajstić information content (AvgIpc) is 3.45. The number of benzene rings is 1. The van der Waals surface area contributed by atoms with Crippen molar-refractivity contribution in [3.05, 3.63) is 35.9 Å². The first-order valence-corrected chi connectivity index (χ1v) is 16.7. The third-order valence-corrected chi connectivity index (χ3v) is 9.55. The summed E-state index contributed by atoms with van der Waals surface area (Å²) in [5.74, 6) is 0.812. The van der Waals surface area contributed by atoms with Crippen molar-refractivity contribution in [1.82, 2.24) is 35.2 Å². The van der Waals surface area contributed by atoms with Gasteiger partial charge in [0.05, 0.1) is 5.56 Å². The minimum atomic E-state index is -0.508. The van der Waals surface area contributed by atoms with Gasteiger partial charge in [0.1, 0.15) is 17.9 Å². The van der Waals surface area contributed by atoms with E-state index in [1.807, 2.05) is 27.7 Å². The second-order valence-corrected chi connectivity index (χ2v) is 13.8. The third kappa shape index (κ3) is 8.31. The Balaban J connectivity index is 1.38. The summed E-state index contributed by atoms with van der Waals surface area (Å²) in [6, 6.07) is 4.42. The Bertz CT molecular complexity index is 1340. The van der Waals surface area contributed by atoms with E-state index in [0.29, 0.717) is 24.3 Å². The van der Waals surface area contributed by atoms with Crippen LogP contribution in [0.5, 0.6) is 11.6 Å². The van der Waals surface area contributed by atoms with Crippen molar-refractivity contribution in [2.45, 2.75) is 72.9 Å². The molecule has 3 heterocycles. The molecule has 1 aromatic carbocycles. The predicted octanol–water partition coefficient (Wildman–Crippen LogP) is 4.30. The van der Waals surface area contributed by atoms with E-state index in [4.69, 9.17) is 4.74 Å². The standard InChI is InChI=1S/C34H53FN8O3/c1-9-43(24(4)5)33(45)27-17-26(35)12-13-29(27)46-32-30(37-22-38-39-32)41-16-14-34(19-41)20-42(21-34)28(23(2)3)11-10-15-40(8)18-25(6)31(44)36-7/h12-13,17,22-25,28H,9-11,14-16,18-21H2,1-8H3,(H,36,44)/t25-,28-/m1/s1. The monoisotopic (exact) mass is 640 g/mol. The van der Waals surface area contributed by atoms with Gasteiger partial charge < -0.3 is 24.8 Å². The van der Waals surface area contributed by atoms with Gasteiger partial charge in [-0.2, -0.15) is 0 Å². The van der Waals surface area contributed by atoms with E-state index in [9.17, 15) is 14.0 Å². The molecule has 2 aliphatic heterocycles. The summed E-state index contributed by atoms with van der Waals surface area (Å²) >= 11 is 0. The second-order valence-electron chi connectivity index (χ2n) is 13.8. The van der Waals surface area contributed by atoms with Crippen molar-refractivity contribution < 1.29 is 18.7 Å². The molecule has 1 spiro atoms. The van der Waals surface area contributed by atoms with Crippen LogP contribution in [-0.2, 0) is 4.79 Å². The number of carbonyl (C=O) groups excluding carboxylic acids is 2. The van der Waals surface area contributed by atoms with Crippen LogP contribution in [0, 0.1) is 23.1 Å². The van der Waals surface area contributed by atoms with Crippen molar-refractivity contribution >= 4 is 17.6 Å². The summed E-state index contributed by atoms with van der Waals surface area (Å²) in [5, 5.41) is 11.0. The SMILES string of the molecule is CCN(C(=O)c1cc(F)ccc1Oc1nncnc1N1CCC2(C1)CN([C@H](CCCN(C)C[C@@H](C)C(=O)NC)C(C)C)C2)C(C)C. The molecule has 2 aliphatic rings. The quantitative estimate of drug-likeness (QED) is 0.305. The van der Waals surface area contributed by atoms with Crippen molar-refractivity contribution in [1.29, 1.82) is 0 Å². The van der Waals surface area contributed by atoms with E-state index in [-0.39, 0.29) is 46.4 Å². The van der Waals surface area contributed by atoms with Crippen LogP contribution in [0.1, 0.15) is 71.2 Å². The first-order valence-electron chi connectivity index (χ1n) is 16.7. The molecule has 2 aromatic rings. The molecule has 2 saturated heterocycles. The number of likely N-dealkylation sites (tertiary alicyclic amines) is 1. The van der Waals surface area contributed by atoms with Crippen molar-refractivity contribution in [2.24, 2.45) is 17.3 Å². The number of hydrogen-bond donors (Lipinski definition) is 1. The summed E-state index contributed by atoms with van der Waals surface area (Å²) in [6.45, 7) is 18.3. The number of aromatic nitrogens is 3. The Morgan fingerprint density at radius 2 is 1.89 bits per heavy atom. The lowest BCUT2D eigenvalue weighted by molar-refractivity contribution is -0.124. The third-order valence-electron chi connectivity index (χ3n) is 9.55. The molecule has 1 N–H and O–H groups in total. The van der Waals surface area contributed by atoms with Gasteiger partial charge in [0, 0.05) is 69.7 Å². The molecule has 254 valence electrons. The molecule has 11 nitrogen and oxygen atoms in total. The van der Waals surface area contributed by atoms with Crippen LogP contribution >= 0.6 is 0 Å². The largest absolute Gasteiger partial charge is 0.434 e. The molecular formula is C34H53FN8O3. The smallest absolute Gasteiger partial charge is 0.282 e. The zero-order chi connectivity index (χ0) is 33.6. The van der Waals surface area contributed by atoms with Gasteiger partial charge in [-0.15, -0.1) is 10.2 Å². The van der Waals surface area contributed by atoms with Gasteiger partial charge in [0.15, 0.2) is 5.82 Å². The van der Waals surface area contributed by atoms with Crippen LogP contribution in [-0.4, -0.2) is 114 Å². The summed E-state index contributed by atoms with van der Waals surface area (Å²) in [7, 11) is 3.78. The van der Waals surface area contributed by atoms with Gasteiger partial charge in [-0.25, -0.2) is 9.37 Å². The fraction of sp³-hybridized carbons (Fsp3) is 0.676. The normalized spacial score (nSPS) is 17.4. The van der Waals surface area contributed by atoms with Crippen LogP contribution in [0.15, 0.2) is 24.5 Å². The lowest BCUT2D eigenvalue weighted by Crippen LogP contribution is -2.62. The maximum atomic E-state index is 14.3. The highest BCUT2D eigenvalue weighted by Crippen LogP contribution is 2.44. The molecule has 12 heteroatoms. The van der Waals surface area contributed by atoms with Crippen LogP contribution in [0.2, 0.25) is 0 Å². The zero-order valence-electron chi connectivity index (χ0n) is 28.9. The van der Waals surface area contributed by atoms with Crippen molar-refractivity contribution in [3.8, 4) is 11.6 Å². The minimum absolute atomic E-state index is 0.0241. The average molecular weight is 641 g/mol. The number of nitrogens with one attached hydrogen (secondary N) is 1. The number of carbonyl (C=O) groups is 2. The summed E-state index contributed by atoms with van der Waals surface area (Å²) < 4.78 is 20.5. The molecule has 0 aliphatic carbocycles. The number of anilines is 1. The molecule has 2 amide bonds. The van der Waals surface area contributed by atoms with Crippen molar-refractivity contribution in [3.63, 3.8) is 0 Å². The molecule has 2 fully saturated rings. The highest BCUT2D eigenvalue weighted by molar-refractivity contribution is 5.97. The topological polar surface area (TPSA) is 107 Å². The van der Waals surface area contributed by atoms with Gasteiger partial charge in [-0.3, -0.25) is 14.5 Å². The zero-order valence-corrected chi connectivity index (χ0v) is 28.9. The summed E-state index contributed by atoms with van der Waals surface area (Å²) in [6.07, 6.45) is 4.66. The molecule has 1 aromatic heterocycles. The van der Waals surface area contributed by atoms with Gasteiger partial charge in [-0.1, -0.05) is 20.8 Å². The lowest BCUT2D eigenvalue weighted by atomic mass is 9.76. The highest BCUT2D eigenvalue weighted by atomic mass is 19.1. The number of ether oxygens (including phenoxy) is 1. The van der Waals surface area contributed by atoms with Gasteiger partial charge >= 0.3 is 0 Å². The molecule has 0 bridgehead atoms. The molecular weight excluding hydrogens is 587 g/mol. The van der Waals surface area contributed by atoms with E-state index in [0.717, 1.165) is 58.5 Å². The van der Waals surface area contributed by atoms with E-state index >= 15 is 0 Å². The first-order chi connectivity index (χ1) is 21.9. The molecule has 2 atom stereocenters. The predicted molar refractivity (Wildman–Crippen MR) is 178 cm³/mol. The number of halogens is 1. The molecule has 0 radical (unpaired) electrons. The number of rotatable bonds is 15. The Kier molecular flexibility index (Phi) is 11.9. The van der Waals surface area contributed by atoms with Gasteiger partial charge in [-0.05, 0) is 77.7 Å². The molecule has 0 unspecified atom stereocenters. The van der Waals surface area contributed by atoms with Crippen LogP contribution < -0.4 is 15.0 Å². The van der Waals surface area contributed by atoms with Gasteiger partial charge in [0.25, 0.3) is 11.8 Å². The maximum absolute atomic E-state index is 14.3. The van der Waals surface area contributed by atoms with Crippen molar-refractivity contribution in [2.75, 3.05) is 64.8 Å². The fourth-order valence-corrected chi connectivity index (χ4v) is 7.12. The maximum Gasteiger partial charge on any atom is 0.282 e. The van der Waals surface area contributed by atoms with Crippen LogP contribution in [0.3, 0.4) is 0 Å². The Morgan fingerprint density at radius 1 is 1.15 bits per heavy atom. The summed E-state index contributed by atoms with van der Waals surface area (Å²) in [5.41, 5.74) is 0.317. The number of hydrogen-bond acceptors (Lipinski definition) is 9. The molecule has 46 heavy (non-hydrogen) atoms.